The lowest BCUT2D eigenvalue weighted by atomic mass is 9.91. The Kier molecular flexibility index (Phi) is 7.32. The number of hydrogen-bond acceptors (Lipinski definition) is 4. The van der Waals surface area contributed by atoms with Crippen LogP contribution in [0, 0.1) is 19.8 Å². The molecule has 0 atom stereocenters. The Bertz CT molecular complexity index is 912. The summed E-state index contributed by atoms with van der Waals surface area (Å²) in [7, 11) is 3.23. The molecule has 0 spiro atoms. The van der Waals surface area contributed by atoms with Crippen molar-refractivity contribution < 1.29 is 19.4 Å². The molecule has 0 saturated carbocycles. The van der Waals surface area contributed by atoms with Crippen molar-refractivity contribution in [2.24, 2.45) is 5.92 Å². The van der Waals surface area contributed by atoms with Crippen LogP contribution >= 0.6 is 0 Å². The molecule has 2 aromatic rings. The predicted molar refractivity (Wildman–Crippen MR) is 119 cm³/mol. The summed E-state index contributed by atoms with van der Waals surface area (Å²) < 4.78 is 11.4. The lowest BCUT2D eigenvalue weighted by Crippen LogP contribution is -2.07. The zero-order valence-electron chi connectivity index (χ0n) is 18.3. The van der Waals surface area contributed by atoms with Crippen molar-refractivity contribution in [1.29, 1.82) is 0 Å². The van der Waals surface area contributed by atoms with E-state index in [1.165, 1.54) is 0 Å². The van der Waals surface area contributed by atoms with Crippen LogP contribution in [0.2, 0.25) is 0 Å². The molecule has 0 fully saturated rings. The topological polar surface area (TPSA) is 67.8 Å². The molecule has 0 aliphatic carbocycles. The third-order valence-electron chi connectivity index (χ3n) is 4.93. The van der Waals surface area contributed by atoms with Gasteiger partial charge < -0.3 is 19.9 Å². The van der Waals surface area contributed by atoms with E-state index in [1.807, 2.05) is 13.8 Å². The summed E-state index contributed by atoms with van der Waals surface area (Å²) in [5.41, 5.74) is 5.74. The molecule has 156 valence electrons. The normalized spacial score (nSPS) is 11.5. The van der Waals surface area contributed by atoms with E-state index in [4.69, 9.17) is 9.47 Å². The molecule has 2 rings (SSSR count). The van der Waals surface area contributed by atoms with E-state index < -0.39 is 5.97 Å². The van der Waals surface area contributed by atoms with Crippen molar-refractivity contribution in [2.45, 2.75) is 34.6 Å². The number of benzene rings is 2. The van der Waals surface area contributed by atoms with Crippen molar-refractivity contribution >= 4 is 17.7 Å². The van der Waals surface area contributed by atoms with Gasteiger partial charge in [-0.3, -0.25) is 0 Å². The molecule has 0 aliphatic rings. The van der Waals surface area contributed by atoms with Crippen LogP contribution in [0.25, 0.3) is 17.2 Å². The van der Waals surface area contributed by atoms with Gasteiger partial charge in [0.05, 0.1) is 14.2 Å². The summed E-state index contributed by atoms with van der Waals surface area (Å²) in [6, 6.07) is 8.23. The zero-order valence-corrected chi connectivity index (χ0v) is 18.3. The average Bonchev–Trinajstić information content (AvgIpc) is 2.69. The van der Waals surface area contributed by atoms with E-state index in [9.17, 15) is 9.90 Å². The van der Waals surface area contributed by atoms with Gasteiger partial charge in [0, 0.05) is 40.1 Å². The molecule has 0 amide bonds. The SMILES string of the molecule is COc1c(C)c(-c2ccc(NCC(C)C)cc2)c(OC)c(C)c1/C=C(\C)C(=O)O. The number of hydrogen-bond donors (Lipinski definition) is 2. The first-order valence-corrected chi connectivity index (χ1v) is 9.72. The van der Waals surface area contributed by atoms with Crippen LogP contribution in [0.5, 0.6) is 11.5 Å². The maximum atomic E-state index is 11.3. The summed E-state index contributed by atoms with van der Waals surface area (Å²) in [5, 5.41) is 12.7. The van der Waals surface area contributed by atoms with E-state index in [-0.39, 0.29) is 5.57 Å². The molecule has 29 heavy (non-hydrogen) atoms. The minimum Gasteiger partial charge on any atom is -0.496 e. The predicted octanol–water partition coefficient (Wildman–Crippen LogP) is 5.54. The quantitative estimate of drug-likeness (QED) is 0.572. The molecule has 0 radical (unpaired) electrons. The summed E-state index contributed by atoms with van der Waals surface area (Å²) in [6.07, 6.45) is 1.63. The van der Waals surface area contributed by atoms with E-state index in [0.29, 0.717) is 11.7 Å². The molecule has 2 aromatic carbocycles. The Morgan fingerprint density at radius 3 is 2.14 bits per heavy atom. The van der Waals surface area contributed by atoms with Crippen LogP contribution in [-0.4, -0.2) is 31.8 Å². The minimum absolute atomic E-state index is 0.237. The number of carboxylic acid groups (broad SMARTS) is 1. The maximum absolute atomic E-state index is 11.3. The highest BCUT2D eigenvalue weighted by Crippen LogP contribution is 2.44. The highest BCUT2D eigenvalue weighted by Gasteiger charge is 2.21. The van der Waals surface area contributed by atoms with Gasteiger partial charge in [-0.15, -0.1) is 0 Å². The first kappa shape index (κ1) is 22.3. The number of carbonyl (C=O) groups is 1. The first-order valence-electron chi connectivity index (χ1n) is 9.72. The molecule has 5 heteroatoms. The van der Waals surface area contributed by atoms with Crippen LogP contribution in [0.15, 0.2) is 29.8 Å². The van der Waals surface area contributed by atoms with Gasteiger partial charge in [0.1, 0.15) is 11.5 Å². The fraction of sp³-hybridized carbons (Fsp3) is 0.375. The molecule has 0 saturated heterocycles. The zero-order chi connectivity index (χ0) is 21.7. The molecule has 0 unspecified atom stereocenters. The van der Waals surface area contributed by atoms with Crippen LogP contribution in [0.3, 0.4) is 0 Å². The van der Waals surface area contributed by atoms with Gasteiger partial charge in [-0.05, 0) is 50.5 Å². The average molecular weight is 398 g/mol. The molecular weight excluding hydrogens is 366 g/mol. The second-order valence-electron chi connectivity index (χ2n) is 7.59. The Morgan fingerprint density at radius 1 is 1.07 bits per heavy atom. The number of nitrogens with one attached hydrogen (secondary N) is 1. The highest BCUT2D eigenvalue weighted by molar-refractivity contribution is 5.93. The number of ether oxygens (including phenoxy) is 2. The summed E-state index contributed by atoms with van der Waals surface area (Å²) in [4.78, 5) is 11.3. The van der Waals surface area contributed by atoms with Crippen molar-refractivity contribution in [3.63, 3.8) is 0 Å². The van der Waals surface area contributed by atoms with Gasteiger partial charge in [-0.1, -0.05) is 26.0 Å². The second-order valence-corrected chi connectivity index (χ2v) is 7.59. The van der Waals surface area contributed by atoms with Crippen molar-refractivity contribution in [3.05, 3.63) is 46.5 Å². The summed E-state index contributed by atoms with van der Waals surface area (Å²) >= 11 is 0. The van der Waals surface area contributed by atoms with E-state index in [2.05, 4.69) is 43.4 Å². The third-order valence-corrected chi connectivity index (χ3v) is 4.93. The maximum Gasteiger partial charge on any atom is 0.331 e. The Morgan fingerprint density at radius 2 is 1.66 bits per heavy atom. The Labute approximate surface area is 173 Å². The first-order chi connectivity index (χ1) is 13.7. The van der Waals surface area contributed by atoms with Gasteiger partial charge in [0.25, 0.3) is 0 Å². The van der Waals surface area contributed by atoms with Gasteiger partial charge in [0.2, 0.25) is 0 Å². The molecule has 0 aromatic heterocycles. The Hall–Kier alpha value is -2.95. The monoisotopic (exact) mass is 397 g/mol. The van der Waals surface area contributed by atoms with Crippen molar-refractivity contribution in [3.8, 4) is 22.6 Å². The van der Waals surface area contributed by atoms with Gasteiger partial charge in [-0.2, -0.15) is 0 Å². The van der Waals surface area contributed by atoms with Crippen molar-refractivity contribution in [2.75, 3.05) is 26.1 Å². The van der Waals surface area contributed by atoms with E-state index in [1.54, 1.807) is 27.2 Å². The van der Waals surface area contributed by atoms with Gasteiger partial charge >= 0.3 is 5.97 Å². The minimum atomic E-state index is -0.961. The Balaban J connectivity index is 2.63. The molecule has 0 heterocycles. The lowest BCUT2D eigenvalue weighted by molar-refractivity contribution is -0.132. The standard InChI is InChI=1S/C24H31NO4/c1-14(2)13-25-19-10-8-18(9-11-19)21-17(5)22(28-6)20(12-15(3)24(26)27)16(4)23(21)29-7/h8-12,14,25H,13H2,1-7H3,(H,26,27)/b15-12+. The molecule has 2 N–H and O–H groups in total. The fourth-order valence-electron chi connectivity index (χ4n) is 3.36. The lowest BCUT2D eigenvalue weighted by Gasteiger charge is -2.21. The number of aliphatic carboxylic acids is 1. The molecular formula is C24H31NO4. The molecule has 0 bridgehead atoms. The second kappa shape index (κ2) is 9.50. The van der Waals surface area contributed by atoms with E-state index in [0.717, 1.165) is 45.8 Å². The number of methoxy groups -OCH3 is 2. The summed E-state index contributed by atoms with van der Waals surface area (Å²) in [6.45, 7) is 10.7. The van der Waals surface area contributed by atoms with Gasteiger partial charge in [-0.25, -0.2) is 4.79 Å². The molecule has 0 aliphatic heterocycles. The highest BCUT2D eigenvalue weighted by atomic mass is 16.5. The van der Waals surface area contributed by atoms with Crippen LogP contribution < -0.4 is 14.8 Å². The smallest absolute Gasteiger partial charge is 0.331 e. The fourth-order valence-corrected chi connectivity index (χ4v) is 3.36. The van der Waals surface area contributed by atoms with Gasteiger partial charge in [0.15, 0.2) is 0 Å². The van der Waals surface area contributed by atoms with Crippen LogP contribution in [-0.2, 0) is 4.79 Å². The van der Waals surface area contributed by atoms with Crippen molar-refractivity contribution in [1.82, 2.24) is 0 Å². The van der Waals surface area contributed by atoms with Crippen LogP contribution in [0.4, 0.5) is 5.69 Å². The largest absolute Gasteiger partial charge is 0.496 e. The van der Waals surface area contributed by atoms with E-state index >= 15 is 0 Å². The number of rotatable bonds is 8. The summed E-state index contributed by atoms with van der Waals surface area (Å²) in [5.74, 6) is 0.979. The third kappa shape index (κ3) is 4.91. The molecule has 5 nitrogen and oxygen atoms in total. The van der Waals surface area contributed by atoms with Crippen LogP contribution in [0.1, 0.15) is 37.5 Å². The number of carboxylic acids is 1. The number of anilines is 1.